The quantitative estimate of drug-likeness (QED) is 0.840. The first-order chi connectivity index (χ1) is 7.04. The predicted octanol–water partition coefficient (Wildman–Crippen LogP) is 1.86. The van der Waals surface area contributed by atoms with Crippen molar-refractivity contribution in [1.29, 1.82) is 0 Å². The molecule has 0 spiro atoms. The molecule has 1 aromatic heterocycles. The number of halogens is 3. The summed E-state index contributed by atoms with van der Waals surface area (Å²) in [6, 6.07) is 0. The zero-order valence-electron chi connectivity index (χ0n) is 7.83. The van der Waals surface area contributed by atoms with E-state index >= 15 is 0 Å². The van der Waals surface area contributed by atoms with Gasteiger partial charge in [-0.15, -0.1) is 0 Å². The van der Waals surface area contributed by atoms with Crippen molar-refractivity contribution < 1.29 is 13.2 Å². The van der Waals surface area contributed by atoms with E-state index in [0.29, 0.717) is 18.5 Å². The molecule has 0 aliphatic heterocycles. The molecular weight excluding hydrogens is 207 g/mol. The summed E-state index contributed by atoms with van der Waals surface area (Å²) >= 11 is 0. The summed E-state index contributed by atoms with van der Waals surface area (Å²) in [7, 11) is 0. The maximum atomic E-state index is 12.1. The first-order valence-corrected chi connectivity index (χ1v) is 4.30. The van der Waals surface area contributed by atoms with Gasteiger partial charge in [-0.3, -0.25) is 0 Å². The third-order valence-electron chi connectivity index (χ3n) is 1.57. The number of aromatic nitrogens is 2. The largest absolute Gasteiger partial charge is 0.451 e. The van der Waals surface area contributed by atoms with E-state index in [0.717, 1.165) is 12.4 Å². The third-order valence-corrected chi connectivity index (χ3v) is 1.57. The molecule has 3 nitrogen and oxygen atoms in total. The molecule has 1 rings (SSSR count). The van der Waals surface area contributed by atoms with Crippen LogP contribution in [0, 0.1) is 0 Å². The van der Waals surface area contributed by atoms with Gasteiger partial charge in [-0.05, 0) is 13.0 Å². The number of nitrogens with two attached hydrogens (primary N) is 1. The van der Waals surface area contributed by atoms with Crippen molar-refractivity contribution in [2.75, 3.05) is 6.54 Å². The highest BCUT2D eigenvalue weighted by molar-refractivity contribution is 5.46. The molecule has 0 fully saturated rings. The average Bonchev–Trinajstić information content (AvgIpc) is 2.18. The van der Waals surface area contributed by atoms with Crippen molar-refractivity contribution in [2.24, 2.45) is 5.73 Å². The van der Waals surface area contributed by atoms with Gasteiger partial charge in [0.05, 0.1) is 0 Å². The van der Waals surface area contributed by atoms with Gasteiger partial charge in [0, 0.05) is 18.0 Å². The summed E-state index contributed by atoms with van der Waals surface area (Å²) in [6.07, 6.45) is 1.82. The molecule has 0 unspecified atom stereocenters. The lowest BCUT2D eigenvalue weighted by molar-refractivity contribution is -0.145. The molecule has 0 aliphatic rings. The Labute approximate surface area is 84.8 Å². The minimum atomic E-state index is -4.49. The minimum absolute atomic E-state index is 0.498. The number of hydrogen-bond acceptors (Lipinski definition) is 3. The first kappa shape index (κ1) is 11.6. The summed E-state index contributed by atoms with van der Waals surface area (Å²) in [5, 5.41) is 0. The SMILES string of the molecule is NCCC=Cc1cnc(C(F)(F)F)nc1. The van der Waals surface area contributed by atoms with Crippen molar-refractivity contribution in [2.45, 2.75) is 12.6 Å². The lowest BCUT2D eigenvalue weighted by atomic mass is 10.3. The normalized spacial score (nSPS) is 12.3. The molecule has 0 aliphatic carbocycles. The molecule has 6 heteroatoms. The van der Waals surface area contributed by atoms with E-state index in [-0.39, 0.29) is 0 Å². The summed E-state index contributed by atoms with van der Waals surface area (Å²) < 4.78 is 36.2. The van der Waals surface area contributed by atoms with Crippen molar-refractivity contribution in [1.82, 2.24) is 9.97 Å². The Hall–Kier alpha value is -1.43. The highest BCUT2D eigenvalue weighted by Crippen LogP contribution is 2.25. The number of nitrogens with zero attached hydrogens (tertiary/aromatic N) is 2. The molecule has 82 valence electrons. The van der Waals surface area contributed by atoms with Crippen molar-refractivity contribution in [3.05, 3.63) is 29.9 Å². The number of alkyl halides is 3. The topological polar surface area (TPSA) is 51.8 Å². The average molecular weight is 217 g/mol. The van der Waals surface area contributed by atoms with Crippen LogP contribution in [0.3, 0.4) is 0 Å². The molecule has 1 aromatic rings. The summed E-state index contributed by atoms with van der Waals surface area (Å²) in [6.45, 7) is 0.498. The van der Waals surface area contributed by atoms with E-state index in [4.69, 9.17) is 5.73 Å². The molecule has 0 radical (unpaired) electrons. The Bertz CT molecular complexity index is 329. The zero-order chi connectivity index (χ0) is 11.3. The Morgan fingerprint density at radius 1 is 1.27 bits per heavy atom. The molecule has 1 heterocycles. The highest BCUT2D eigenvalue weighted by Gasteiger charge is 2.34. The van der Waals surface area contributed by atoms with Crippen LogP contribution in [0.4, 0.5) is 13.2 Å². The molecule has 0 saturated carbocycles. The molecule has 2 N–H and O–H groups in total. The van der Waals surface area contributed by atoms with Crippen LogP contribution in [0.2, 0.25) is 0 Å². The fourth-order valence-electron chi connectivity index (χ4n) is 0.886. The lowest BCUT2D eigenvalue weighted by Crippen LogP contribution is -2.10. The number of hydrogen-bond donors (Lipinski definition) is 1. The van der Waals surface area contributed by atoms with Crippen molar-refractivity contribution in [3.8, 4) is 0 Å². The van der Waals surface area contributed by atoms with Gasteiger partial charge >= 0.3 is 6.18 Å². The van der Waals surface area contributed by atoms with E-state index in [2.05, 4.69) is 9.97 Å². The molecular formula is C9H10F3N3. The fraction of sp³-hybridized carbons (Fsp3) is 0.333. The Morgan fingerprint density at radius 2 is 1.87 bits per heavy atom. The first-order valence-electron chi connectivity index (χ1n) is 4.30. The lowest BCUT2D eigenvalue weighted by Gasteiger charge is -2.03. The van der Waals surface area contributed by atoms with Gasteiger partial charge in [0.15, 0.2) is 0 Å². The van der Waals surface area contributed by atoms with Crippen LogP contribution >= 0.6 is 0 Å². The monoisotopic (exact) mass is 217 g/mol. The Kier molecular flexibility index (Phi) is 3.79. The summed E-state index contributed by atoms with van der Waals surface area (Å²) in [5.41, 5.74) is 5.77. The molecule has 0 atom stereocenters. The van der Waals surface area contributed by atoms with E-state index in [9.17, 15) is 13.2 Å². The highest BCUT2D eigenvalue weighted by atomic mass is 19.4. The van der Waals surface area contributed by atoms with Gasteiger partial charge in [-0.25, -0.2) is 9.97 Å². The van der Waals surface area contributed by atoms with Crippen LogP contribution < -0.4 is 5.73 Å². The van der Waals surface area contributed by atoms with Crippen LogP contribution in [-0.2, 0) is 6.18 Å². The predicted molar refractivity (Wildman–Crippen MR) is 49.7 cm³/mol. The van der Waals surface area contributed by atoms with E-state index < -0.39 is 12.0 Å². The van der Waals surface area contributed by atoms with Crippen LogP contribution in [0.25, 0.3) is 6.08 Å². The van der Waals surface area contributed by atoms with Crippen LogP contribution in [-0.4, -0.2) is 16.5 Å². The van der Waals surface area contributed by atoms with E-state index in [1.54, 1.807) is 12.2 Å². The number of rotatable bonds is 3. The zero-order valence-corrected chi connectivity index (χ0v) is 7.83. The molecule has 0 bridgehead atoms. The fourth-order valence-corrected chi connectivity index (χ4v) is 0.886. The second-order valence-corrected chi connectivity index (χ2v) is 2.82. The summed E-state index contributed by atoms with van der Waals surface area (Å²) in [4.78, 5) is 6.42. The molecule has 15 heavy (non-hydrogen) atoms. The van der Waals surface area contributed by atoms with Crippen LogP contribution in [0.1, 0.15) is 17.8 Å². The molecule has 0 saturated heterocycles. The van der Waals surface area contributed by atoms with E-state index in [1.165, 1.54) is 0 Å². The summed E-state index contributed by atoms with van der Waals surface area (Å²) in [5.74, 6) is -1.13. The van der Waals surface area contributed by atoms with Gasteiger partial charge in [0.25, 0.3) is 0 Å². The second kappa shape index (κ2) is 4.88. The maximum Gasteiger partial charge on any atom is 0.451 e. The van der Waals surface area contributed by atoms with Gasteiger partial charge in [0.1, 0.15) is 0 Å². The smallest absolute Gasteiger partial charge is 0.330 e. The van der Waals surface area contributed by atoms with E-state index in [1.807, 2.05) is 0 Å². The Balaban J connectivity index is 2.73. The van der Waals surface area contributed by atoms with Crippen molar-refractivity contribution >= 4 is 6.08 Å². The standard InChI is InChI=1S/C9H10F3N3/c10-9(11,12)8-14-5-7(6-15-8)3-1-2-4-13/h1,3,5-6H,2,4,13H2. The second-order valence-electron chi connectivity index (χ2n) is 2.82. The van der Waals surface area contributed by atoms with Crippen LogP contribution in [0.5, 0.6) is 0 Å². The van der Waals surface area contributed by atoms with Gasteiger partial charge in [0.2, 0.25) is 5.82 Å². The van der Waals surface area contributed by atoms with Crippen LogP contribution in [0.15, 0.2) is 18.5 Å². The van der Waals surface area contributed by atoms with Gasteiger partial charge in [-0.2, -0.15) is 13.2 Å². The van der Waals surface area contributed by atoms with Gasteiger partial charge in [-0.1, -0.05) is 12.2 Å². The van der Waals surface area contributed by atoms with Crippen molar-refractivity contribution in [3.63, 3.8) is 0 Å². The molecule has 0 aromatic carbocycles. The maximum absolute atomic E-state index is 12.1. The molecule has 0 amide bonds. The minimum Gasteiger partial charge on any atom is -0.330 e. The third kappa shape index (κ3) is 3.67. The van der Waals surface area contributed by atoms with Gasteiger partial charge < -0.3 is 5.73 Å². The Morgan fingerprint density at radius 3 is 2.33 bits per heavy atom.